The summed E-state index contributed by atoms with van der Waals surface area (Å²) in [5.41, 5.74) is 1.50. The van der Waals surface area contributed by atoms with Gasteiger partial charge in [0.05, 0.1) is 11.9 Å². The summed E-state index contributed by atoms with van der Waals surface area (Å²) >= 11 is 0. The zero-order valence-corrected chi connectivity index (χ0v) is 8.84. The normalized spacial score (nSPS) is 10.9. The van der Waals surface area contributed by atoms with Crippen molar-refractivity contribution in [3.8, 4) is 17.0 Å². The Morgan fingerprint density at radius 1 is 1.12 bits per heavy atom. The molecule has 3 rings (SSSR count). The number of pyridine rings is 1. The summed E-state index contributed by atoms with van der Waals surface area (Å²) in [6.45, 7) is 0. The fraction of sp³-hybridized carbons (Fsp3) is 0. The predicted molar refractivity (Wildman–Crippen MR) is 62.3 cm³/mol. The van der Waals surface area contributed by atoms with Crippen molar-refractivity contribution in [3.63, 3.8) is 0 Å². The molecule has 0 bridgehead atoms. The summed E-state index contributed by atoms with van der Waals surface area (Å²) in [5, 5.41) is 9.62. The highest BCUT2D eigenvalue weighted by Crippen LogP contribution is 2.26. The van der Waals surface area contributed by atoms with Crippen molar-refractivity contribution in [1.29, 1.82) is 0 Å². The topological polar surface area (TPSA) is 37.5 Å². The first-order valence-corrected chi connectivity index (χ1v) is 5.17. The quantitative estimate of drug-likeness (QED) is 0.695. The lowest BCUT2D eigenvalue weighted by atomic mass is 10.1. The zero-order valence-electron chi connectivity index (χ0n) is 8.84. The number of aromatic hydroxyl groups is 1. The van der Waals surface area contributed by atoms with E-state index in [2.05, 4.69) is 4.98 Å². The van der Waals surface area contributed by atoms with Crippen molar-refractivity contribution in [2.45, 2.75) is 0 Å². The van der Waals surface area contributed by atoms with Crippen LogP contribution in [0, 0.1) is 5.82 Å². The van der Waals surface area contributed by atoms with Gasteiger partial charge in [-0.3, -0.25) is 4.40 Å². The standard InChI is InChI=1S/C13H9FN2O/c14-10-5-2-1-4-9(10)11-8-15-13-12(17)6-3-7-16(11)13/h1-8,17H. The van der Waals surface area contributed by atoms with Gasteiger partial charge in [-0.05, 0) is 24.3 Å². The van der Waals surface area contributed by atoms with Gasteiger partial charge in [-0.2, -0.15) is 0 Å². The summed E-state index contributed by atoms with van der Waals surface area (Å²) < 4.78 is 15.3. The van der Waals surface area contributed by atoms with Gasteiger partial charge in [-0.15, -0.1) is 0 Å². The van der Waals surface area contributed by atoms with Crippen molar-refractivity contribution < 1.29 is 9.50 Å². The van der Waals surface area contributed by atoms with Crippen molar-refractivity contribution in [2.75, 3.05) is 0 Å². The van der Waals surface area contributed by atoms with E-state index in [1.54, 1.807) is 47.1 Å². The molecular formula is C13H9FN2O. The Labute approximate surface area is 96.8 Å². The van der Waals surface area contributed by atoms with E-state index in [1.807, 2.05) is 0 Å². The third-order valence-electron chi connectivity index (χ3n) is 2.66. The molecule has 2 heterocycles. The van der Waals surface area contributed by atoms with Gasteiger partial charge in [-0.1, -0.05) is 12.1 Å². The van der Waals surface area contributed by atoms with Crippen LogP contribution in [0.15, 0.2) is 48.8 Å². The molecule has 1 aromatic carbocycles. The highest BCUT2D eigenvalue weighted by molar-refractivity contribution is 5.67. The van der Waals surface area contributed by atoms with Crippen molar-refractivity contribution in [2.24, 2.45) is 0 Å². The molecule has 0 amide bonds. The van der Waals surface area contributed by atoms with E-state index in [9.17, 15) is 9.50 Å². The van der Waals surface area contributed by atoms with Gasteiger partial charge >= 0.3 is 0 Å². The lowest BCUT2D eigenvalue weighted by Crippen LogP contribution is -1.90. The molecule has 2 aromatic heterocycles. The maximum Gasteiger partial charge on any atom is 0.179 e. The van der Waals surface area contributed by atoms with Crippen LogP contribution in [0.3, 0.4) is 0 Å². The highest BCUT2D eigenvalue weighted by atomic mass is 19.1. The highest BCUT2D eigenvalue weighted by Gasteiger charge is 2.11. The number of halogens is 1. The van der Waals surface area contributed by atoms with Gasteiger partial charge in [-0.25, -0.2) is 9.37 Å². The molecule has 0 radical (unpaired) electrons. The molecule has 1 N–H and O–H groups in total. The van der Waals surface area contributed by atoms with Gasteiger partial charge in [0.25, 0.3) is 0 Å². The molecule has 0 aliphatic rings. The summed E-state index contributed by atoms with van der Waals surface area (Å²) in [7, 11) is 0. The minimum Gasteiger partial charge on any atom is -0.504 e. The third-order valence-corrected chi connectivity index (χ3v) is 2.66. The average Bonchev–Trinajstić information content (AvgIpc) is 2.75. The Kier molecular flexibility index (Phi) is 2.08. The number of hydrogen-bond acceptors (Lipinski definition) is 2. The number of fused-ring (bicyclic) bond motifs is 1. The lowest BCUT2D eigenvalue weighted by Gasteiger charge is -2.03. The fourth-order valence-electron chi connectivity index (χ4n) is 1.86. The molecule has 84 valence electrons. The largest absolute Gasteiger partial charge is 0.504 e. The number of hydrogen-bond donors (Lipinski definition) is 1. The van der Waals surface area contributed by atoms with E-state index >= 15 is 0 Å². The first-order valence-electron chi connectivity index (χ1n) is 5.17. The Morgan fingerprint density at radius 3 is 2.76 bits per heavy atom. The molecule has 0 spiro atoms. The maximum absolute atomic E-state index is 13.7. The van der Waals surface area contributed by atoms with Crippen LogP contribution in [0.4, 0.5) is 4.39 Å². The summed E-state index contributed by atoms with van der Waals surface area (Å²) in [5.74, 6) is -0.229. The van der Waals surface area contributed by atoms with Gasteiger partial charge in [0.15, 0.2) is 11.4 Å². The molecule has 3 aromatic rings. The summed E-state index contributed by atoms with van der Waals surface area (Å²) in [4.78, 5) is 4.08. The third kappa shape index (κ3) is 1.45. The monoisotopic (exact) mass is 228 g/mol. The van der Waals surface area contributed by atoms with E-state index in [0.717, 1.165) is 0 Å². The van der Waals surface area contributed by atoms with Gasteiger partial charge in [0.2, 0.25) is 0 Å². The Bertz CT molecular complexity index is 691. The Balaban J connectivity index is 2.33. The first kappa shape index (κ1) is 9.84. The number of nitrogens with zero attached hydrogens (tertiary/aromatic N) is 2. The smallest absolute Gasteiger partial charge is 0.179 e. The van der Waals surface area contributed by atoms with Gasteiger partial charge in [0.1, 0.15) is 5.82 Å². The van der Waals surface area contributed by atoms with Gasteiger partial charge in [0, 0.05) is 11.8 Å². The molecule has 4 heteroatoms. The van der Waals surface area contributed by atoms with E-state index in [0.29, 0.717) is 16.9 Å². The number of rotatable bonds is 1. The molecular weight excluding hydrogens is 219 g/mol. The molecule has 0 fully saturated rings. The predicted octanol–water partition coefficient (Wildman–Crippen LogP) is 2.85. The molecule has 0 atom stereocenters. The second kappa shape index (κ2) is 3.59. The molecule has 0 saturated heterocycles. The zero-order chi connectivity index (χ0) is 11.8. The van der Waals surface area contributed by atoms with Gasteiger partial charge < -0.3 is 5.11 Å². The maximum atomic E-state index is 13.7. The average molecular weight is 228 g/mol. The Morgan fingerprint density at radius 2 is 1.94 bits per heavy atom. The van der Waals surface area contributed by atoms with Crippen LogP contribution >= 0.6 is 0 Å². The van der Waals surface area contributed by atoms with Crippen LogP contribution in [0.2, 0.25) is 0 Å². The lowest BCUT2D eigenvalue weighted by molar-refractivity contribution is 0.477. The Hall–Kier alpha value is -2.36. The summed E-state index contributed by atoms with van der Waals surface area (Å²) in [6, 6.07) is 9.72. The van der Waals surface area contributed by atoms with Crippen LogP contribution in [-0.4, -0.2) is 14.5 Å². The van der Waals surface area contributed by atoms with Crippen molar-refractivity contribution in [1.82, 2.24) is 9.38 Å². The van der Waals surface area contributed by atoms with Crippen LogP contribution < -0.4 is 0 Å². The van der Waals surface area contributed by atoms with Crippen LogP contribution in [0.1, 0.15) is 0 Å². The number of aromatic nitrogens is 2. The minimum absolute atomic E-state index is 0.0788. The molecule has 0 saturated carbocycles. The van der Waals surface area contributed by atoms with Crippen molar-refractivity contribution >= 4 is 5.65 Å². The second-order valence-corrected chi connectivity index (χ2v) is 3.71. The molecule has 3 nitrogen and oxygen atoms in total. The van der Waals surface area contributed by atoms with E-state index in [4.69, 9.17) is 0 Å². The molecule has 0 aliphatic carbocycles. The second-order valence-electron chi connectivity index (χ2n) is 3.71. The molecule has 0 aliphatic heterocycles. The molecule has 17 heavy (non-hydrogen) atoms. The van der Waals surface area contributed by atoms with Crippen LogP contribution in [-0.2, 0) is 0 Å². The SMILES string of the molecule is Oc1cccn2c(-c3ccccc3F)cnc12. The summed E-state index contributed by atoms with van der Waals surface area (Å²) in [6.07, 6.45) is 3.29. The van der Waals surface area contributed by atoms with E-state index in [1.165, 1.54) is 6.07 Å². The van der Waals surface area contributed by atoms with Crippen LogP contribution in [0.5, 0.6) is 5.75 Å². The van der Waals surface area contributed by atoms with E-state index < -0.39 is 0 Å². The fourth-order valence-corrected chi connectivity index (χ4v) is 1.86. The first-order chi connectivity index (χ1) is 8.27. The number of imidazole rings is 1. The van der Waals surface area contributed by atoms with E-state index in [-0.39, 0.29) is 11.6 Å². The molecule has 0 unspecified atom stereocenters. The van der Waals surface area contributed by atoms with Crippen LogP contribution in [0.25, 0.3) is 16.9 Å². The number of benzene rings is 1. The van der Waals surface area contributed by atoms with Crippen molar-refractivity contribution in [3.05, 3.63) is 54.6 Å². The minimum atomic E-state index is -0.308.